The maximum absolute atomic E-state index is 12.6. The number of nitrogens with one attached hydrogen (secondary N) is 3. The van der Waals surface area contributed by atoms with E-state index in [-0.39, 0.29) is 42.4 Å². The molecule has 3 aliphatic rings. The SMILES string of the molecule is CC1(C)Cc2cc(CNC(=O)C3CC4(CCNCC4)CN3)ccc2O1.Cl.Cl. The molecule has 1 amide bonds. The minimum Gasteiger partial charge on any atom is -0.487 e. The fourth-order valence-electron chi connectivity index (χ4n) is 4.53. The number of rotatable bonds is 3. The minimum absolute atomic E-state index is 0. The molecule has 0 saturated carbocycles. The van der Waals surface area contributed by atoms with Gasteiger partial charge < -0.3 is 20.7 Å². The van der Waals surface area contributed by atoms with E-state index in [1.54, 1.807) is 0 Å². The summed E-state index contributed by atoms with van der Waals surface area (Å²) in [6.07, 6.45) is 4.23. The molecule has 1 atom stereocenters. The third kappa shape index (κ3) is 4.89. The third-order valence-electron chi connectivity index (χ3n) is 5.94. The number of hydrogen-bond acceptors (Lipinski definition) is 4. The van der Waals surface area contributed by atoms with E-state index in [1.807, 2.05) is 6.07 Å². The van der Waals surface area contributed by atoms with Crippen molar-refractivity contribution in [2.75, 3.05) is 19.6 Å². The van der Waals surface area contributed by atoms with Crippen molar-refractivity contribution in [1.29, 1.82) is 0 Å². The summed E-state index contributed by atoms with van der Waals surface area (Å²) in [7, 11) is 0. The minimum atomic E-state index is -0.124. The highest BCUT2D eigenvalue weighted by atomic mass is 35.5. The van der Waals surface area contributed by atoms with Crippen molar-refractivity contribution in [2.45, 2.75) is 57.7 Å². The Morgan fingerprint density at radius 3 is 2.74 bits per heavy atom. The molecule has 4 rings (SSSR count). The molecular formula is C20H31Cl2N3O2. The molecule has 152 valence electrons. The molecule has 0 aromatic heterocycles. The first-order valence-corrected chi connectivity index (χ1v) is 9.48. The third-order valence-corrected chi connectivity index (χ3v) is 5.94. The van der Waals surface area contributed by atoms with Gasteiger partial charge in [-0.05, 0) is 68.8 Å². The van der Waals surface area contributed by atoms with E-state index in [4.69, 9.17) is 4.74 Å². The molecule has 0 bridgehead atoms. The second-order valence-corrected chi connectivity index (χ2v) is 8.59. The van der Waals surface area contributed by atoms with Crippen molar-refractivity contribution in [3.8, 4) is 5.75 Å². The van der Waals surface area contributed by atoms with Crippen LogP contribution in [0.3, 0.4) is 0 Å². The van der Waals surface area contributed by atoms with Crippen LogP contribution in [0.15, 0.2) is 18.2 Å². The summed E-state index contributed by atoms with van der Waals surface area (Å²) in [5.74, 6) is 1.11. The van der Waals surface area contributed by atoms with Gasteiger partial charge in [0.1, 0.15) is 11.4 Å². The maximum atomic E-state index is 12.6. The van der Waals surface area contributed by atoms with Gasteiger partial charge in [-0.1, -0.05) is 12.1 Å². The summed E-state index contributed by atoms with van der Waals surface area (Å²) in [6.45, 7) is 7.91. The summed E-state index contributed by atoms with van der Waals surface area (Å²) in [4.78, 5) is 12.6. The van der Waals surface area contributed by atoms with Crippen LogP contribution in [0, 0.1) is 5.41 Å². The van der Waals surface area contributed by atoms with Crippen LogP contribution in [0.1, 0.15) is 44.2 Å². The zero-order valence-corrected chi connectivity index (χ0v) is 17.7. The van der Waals surface area contributed by atoms with Crippen LogP contribution in [-0.2, 0) is 17.8 Å². The fourth-order valence-corrected chi connectivity index (χ4v) is 4.53. The first kappa shape index (κ1) is 22.3. The van der Waals surface area contributed by atoms with Crippen molar-refractivity contribution in [2.24, 2.45) is 5.41 Å². The standard InChI is InChI=1S/C20H29N3O2.2ClH/c1-19(2)10-15-9-14(3-4-17(15)25-19)12-22-18(24)16-11-20(13-23-16)5-7-21-8-6-20;;/h3-4,9,16,21,23H,5-8,10-13H2,1-2H3,(H,22,24);2*1H. The van der Waals surface area contributed by atoms with E-state index < -0.39 is 0 Å². The van der Waals surface area contributed by atoms with Crippen molar-refractivity contribution < 1.29 is 9.53 Å². The number of halogens is 2. The van der Waals surface area contributed by atoms with Crippen molar-refractivity contribution in [3.63, 3.8) is 0 Å². The predicted molar refractivity (Wildman–Crippen MR) is 112 cm³/mol. The fraction of sp³-hybridized carbons (Fsp3) is 0.650. The van der Waals surface area contributed by atoms with E-state index in [0.29, 0.717) is 12.0 Å². The highest BCUT2D eigenvalue weighted by Gasteiger charge is 2.42. The lowest BCUT2D eigenvalue weighted by atomic mass is 9.77. The number of fused-ring (bicyclic) bond motifs is 1. The average Bonchev–Trinajstić information content (AvgIpc) is 3.12. The second kappa shape index (κ2) is 8.56. The molecular weight excluding hydrogens is 385 g/mol. The molecule has 7 heteroatoms. The van der Waals surface area contributed by atoms with Gasteiger partial charge >= 0.3 is 0 Å². The lowest BCUT2D eigenvalue weighted by molar-refractivity contribution is -0.123. The van der Waals surface area contributed by atoms with Crippen molar-refractivity contribution >= 4 is 30.7 Å². The van der Waals surface area contributed by atoms with Crippen LogP contribution in [-0.4, -0.2) is 37.2 Å². The lowest BCUT2D eigenvalue weighted by Crippen LogP contribution is -2.40. The number of ether oxygens (including phenoxy) is 1. The molecule has 2 saturated heterocycles. The summed E-state index contributed by atoms with van der Waals surface area (Å²) >= 11 is 0. The molecule has 1 aromatic carbocycles. The molecule has 3 heterocycles. The number of carbonyl (C=O) groups excluding carboxylic acids is 1. The normalized spacial score (nSPS) is 24.3. The summed E-state index contributed by atoms with van der Waals surface area (Å²) < 4.78 is 5.92. The number of piperidine rings is 1. The smallest absolute Gasteiger partial charge is 0.237 e. The molecule has 5 nitrogen and oxygen atoms in total. The number of carbonyl (C=O) groups is 1. The van der Waals surface area contributed by atoms with Gasteiger partial charge in [0, 0.05) is 19.5 Å². The molecule has 1 spiro atoms. The van der Waals surface area contributed by atoms with Gasteiger partial charge in [-0.15, -0.1) is 24.8 Å². The zero-order valence-electron chi connectivity index (χ0n) is 16.1. The van der Waals surface area contributed by atoms with Gasteiger partial charge in [0.25, 0.3) is 0 Å². The molecule has 1 aromatic rings. The number of benzene rings is 1. The summed E-state index contributed by atoms with van der Waals surface area (Å²) in [5, 5.41) is 9.98. The van der Waals surface area contributed by atoms with Crippen LogP contribution in [0.2, 0.25) is 0 Å². The largest absolute Gasteiger partial charge is 0.487 e. The van der Waals surface area contributed by atoms with Crippen LogP contribution < -0.4 is 20.7 Å². The molecule has 0 radical (unpaired) electrons. The Bertz CT molecular complexity index is 675. The van der Waals surface area contributed by atoms with Gasteiger partial charge in [0.15, 0.2) is 0 Å². The quantitative estimate of drug-likeness (QED) is 0.709. The van der Waals surface area contributed by atoms with Gasteiger partial charge in [0.05, 0.1) is 6.04 Å². The molecule has 3 aliphatic heterocycles. The topological polar surface area (TPSA) is 62.4 Å². The number of hydrogen-bond donors (Lipinski definition) is 3. The maximum Gasteiger partial charge on any atom is 0.237 e. The van der Waals surface area contributed by atoms with Crippen molar-refractivity contribution in [3.05, 3.63) is 29.3 Å². The van der Waals surface area contributed by atoms with Crippen LogP contribution in [0.4, 0.5) is 0 Å². The molecule has 1 unspecified atom stereocenters. The summed E-state index contributed by atoms with van der Waals surface area (Å²) in [5.41, 5.74) is 2.58. The highest BCUT2D eigenvalue weighted by Crippen LogP contribution is 2.37. The monoisotopic (exact) mass is 415 g/mol. The summed E-state index contributed by atoms with van der Waals surface area (Å²) in [6, 6.07) is 6.20. The number of amides is 1. The average molecular weight is 416 g/mol. The Balaban J connectivity index is 0.00000131. The Labute approximate surface area is 174 Å². The highest BCUT2D eigenvalue weighted by molar-refractivity contribution is 5.85. The van der Waals surface area contributed by atoms with E-state index in [1.165, 1.54) is 18.4 Å². The van der Waals surface area contributed by atoms with Gasteiger partial charge in [-0.3, -0.25) is 4.79 Å². The first-order valence-electron chi connectivity index (χ1n) is 9.48. The van der Waals surface area contributed by atoms with Gasteiger partial charge in [-0.2, -0.15) is 0 Å². The van der Waals surface area contributed by atoms with Crippen molar-refractivity contribution in [1.82, 2.24) is 16.0 Å². The molecule has 3 N–H and O–H groups in total. The predicted octanol–water partition coefficient (Wildman–Crippen LogP) is 2.59. The van der Waals surface area contributed by atoms with Crippen LogP contribution >= 0.6 is 24.8 Å². The van der Waals surface area contributed by atoms with Gasteiger partial charge in [0.2, 0.25) is 5.91 Å². The Kier molecular flexibility index (Phi) is 7.06. The van der Waals surface area contributed by atoms with Crippen LogP contribution in [0.25, 0.3) is 0 Å². The van der Waals surface area contributed by atoms with Crippen LogP contribution in [0.5, 0.6) is 5.75 Å². The molecule has 2 fully saturated rings. The van der Waals surface area contributed by atoms with E-state index >= 15 is 0 Å². The van der Waals surface area contributed by atoms with E-state index in [0.717, 1.165) is 43.8 Å². The second-order valence-electron chi connectivity index (χ2n) is 8.59. The Hall–Kier alpha value is -1.01. The molecule has 27 heavy (non-hydrogen) atoms. The van der Waals surface area contributed by atoms with Gasteiger partial charge in [-0.25, -0.2) is 0 Å². The van der Waals surface area contributed by atoms with E-state index in [9.17, 15) is 4.79 Å². The lowest BCUT2D eigenvalue weighted by Gasteiger charge is -2.33. The Morgan fingerprint density at radius 1 is 1.26 bits per heavy atom. The van der Waals surface area contributed by atoms with E-state index in [2.05, 4.69) is 41.9 Å². The first-order chi connectivity index (χ1) is 11.9. The zero-order chi connectivity index (χ0) is 17.5. The Morgan fingerprint density at radius 2 is 2.00 bits per heavy atom. The molecule has 0 aliphatic carbocycles.